The molecule has 1 saturated carbocycles. The van der Waals surface area contributed by atoms with Crippen LogP contribution in [0.5, 0.6) is 0 Å². The first-order valence-corrected chi connectivity index (χ1v) is 6.30. The van der Waals surface area contributed by atoms with Crippen molar-refractivity contribution in [1.29, 1.82) is 0 Å². The molecule has 0 spiro atoms. The maximum Gasteiger partial charge on any atom is 0.231 e. The summed E-state index contributed by atoms with van der Waals surface area (Å²) in [6, 6.07) is 0.651. The number of carbonyl (C=O) groups is 1. The van der Waals surface area contributed by atoms with E-state index in [1.54, 1.807) is 0 Å². The predicted octanol–water partition coefficient (Wildman–Crippen LogP) is 1.52. The molecule has 1 aliphatic heterocycles. The Bertz CT molecular complexity index is 224. The summed E-state index contributed by atoms with van der Waals surface area (Å²) < 4.78 is 0. The number of hydrogen-bond donors (Lipinski definition) is 1. The molecule has 1 amide bonds. The monoisotopic (exact) mass is 210 g/mol. The lowest BCUT2D eigenvalue weighted by molar-refractivity contribution is -0.119. The van der Waals surface area contributed by atoms with Gasteiger partial charge < -0.3 is 5.73 Å². The topological polar surface area (TPSA) is 46.3 Å². The first kappa shape index (κ1) is 10.9. The highest BCUT2D eigenvalue weighted by molar-refractivity contribution is 5.76. The summed E-state index contributed by atoms with van der Waals surface area (Å²) in [4.78, 5) is 13.3. The quantitative estimate of drug-likeness (QED) is 0.767. The number of nitrogens with two attached hydrogens (primary N) is 1. The second kappa shape index (κ2) is 4.97. The molecule has 2 N–H and O–H groups in total. The van der Waals surface area contributed by atoms with Crippen LogP contribution in [0.2, 0.25) is 0 Å². The average molecular weight is 210 g/mol. The number of amides is 1. The fourth-order valence-corrected chi connectivity index (χ4v) is 3.30. The van der Waals surface area contributed by atoms with E-state index in [1.165, 1.54) is 44.9 Å². The second-order valence-corrected chi connectivity index (χ2v) is 5.04. The third-order valence-electron chi connectivity index (χ3n) is 3.97. The van der Waals surface area contributed by atoms with Crippen LogP contribution in [0.1, 0.15) is 44.9 Å². The van der Waals surface area contributed by atoms with Crippen LogP contribution in [-0.4, -0.2) is 29.9 Å². The molecule has 0 bridgehead atoms. The van der Waals surface area contributed by atoms with Crippen molar-refractivity contribution in [2.75, 3.05) is 13.1 Å². The molecule has 0 unspecified atom stereocenters. The van der Waals surface area contributed by atoms with Gasteiger partial charge in [-0.2, -0.15) is 0 Å². The maximum absolute atomic E-state index is 11.0. The van der Waals surface area contributed by atoms with Crippen LogP contribution < -0.4 is 5.73 Å². The first-order chi connectivity index (χ1) is 7.27. The van der Waals surface area contributed by atoms with E-state index in [2.05, 4.69) is 4.90 Å². The first-order valence-electron chi connectivity index (χ1n) is 6.30. The molecule has 0 aromatic carbocycles. The van der Waals surface area contributed by atoms with Crippen molar-refractivity contribution >= 4 is 5.91 Å². The SMILES string of the molecule is NC(=O)CN1CCC[C@@H]1C1CCCCC1. The Morgan fingerprint density at radius 2 is 1.87 bits per heavy atom. The van der Waals surface area contributed by atoms with Crippen molar-refractivity contribution in [3.8, 4) is 0 Å². The van der Waals surface area contributed by atoms with E-state index >= 15 is 0 Å². The van der Waals surface area contributed by atoms with Crippen molar-refractivity contribution in [2.24, 2.45) is 11.7 Å². The Balaban J connectivity index is 1.91. The van der Waals surface area contributed by atoms with Crippen molar-refractivity contribution in [3.63, 3.8) is 0 Å². The number of likely N-dealkylation sites (tertiary alicyclic amines) is 1. The summed E-state index contributed by atoms with van der Waals surface area (Å²) in [6.07, 6.45) is 9.41. The van der Waals surface area contributed by atoms with Gasteiger partial charge in [0, 0.05) is 6.04 Å². The van der Waals surface area contributed by atoms with E-state index in [0.29, 0.717) is 12.6 Å². The minimum Gasteiger partial charge on any atom is -0.369 e. The number of hydrogen-bond acceptors (Lipinski definition) is 2. The molecular formula is C12H22N2O. The summed E-state index contributed by atoms with van der Waals surface area (Å²) in [5.41, 5.74) is 5.28. The molecule has 86 valence electrons. The number of carbonyl (C=O) groups excluding carboxylic acids is 1. The molecule has 0 radical (unpaired) electrons. The van der Waals surface area contributed by atoms with E-state index in [4.69, 9.17) is 5.73 Å². The highest BCUT2D eigenvalue weighted by atomic mass is 16.1. The zero-order chi connectivity index (χ0) is 10.7. The summed E-state index contributed by atoms with van der Waals surface area (Å²) in [5, 5.41) is 0. The summed E-state index contributed by atoms with van der Waals surface area (Å²) in [5.74, 6) is 0.665. The summed E-state index contributed by atoms with van der Waals surface area (Å²) >= 11 is 0. The van der Waals surface area contributed by atoms with Gasteiger partial charge in [-0.25, -0.2) is 0 Å². The van der Waals surface area contributed by atoms with Crippen LogP contribution >= 0.6 is 0 Å². The molecule has 3 nitrogen and oxygen atoms in total. The van der Waals surface area contributed by atoms with Gasteiger partial charge in [-0.05, 0) is 38.1 Å². The van der Waals surface area contributed by atoms with Gasteiger partial charge in [0.15, 0.2) is 0 Å². The molecule has 1 aliphatic carbocycles. The Morgan fingerprint density at radius 3 is 2.53 bits per heavy atom. The molecule has 1 saturated heterocycles. The predicted molar refractivity (Wildman–Crippen MR) is 60.4 cm³/mol. The second-order valence-electron chi connectivity index (χ2n) is 5.04. The van der Waals surface area contributed by atoms with Gasteiger partial charge in [-0.15, -0.1) is 0 Å². The van der Waals surface area contributed by atoms with Crippen LogP contribution in [0, 0.1) is 5.92 Å². The van der Waals surface area contributed by atoms with Crippen LogP contribution in [0.15, 0.2) is 0 Å². The smallest absolute Gasteiger partial charge is 0.231 e. The van der Waals surface area contributed by atoms with Crippen molar-refractivity contribution < 1.29 is 4.79 Å². The molecule has 2 aliphatic rings. The molecule has 15 heavy (non-hydrogen) atoms. The van der Waals surface area contributed by atoms with Crippen molar-refractivity contribution in [2.45, 2.75) is 51.0 Å². The highest BCUT2D eigenvalue weighted by Gasteiger charge is 2.32. The molecule has 3 heteroatoms. The van der Waals surface area contributed by atoms with E-state index in [9.17, 15) is 4.79 Å². The molecular weight excluding hydrogens is 188 g/mol. The minimum atomic E-state index is -0.169. The van der Waals surface area contributed by atoms with Gasteiger partial charge in [-0.3, -0.25) is 9.69 Å². The highest BCUT2D eigenvalue weighted by Crippen LogP contribution is 2.33. The van der Waals surface area contributed by atoms with Gasteiger partial charge in [0.25, 0.3) is 0 Å². The van der Waals surface area contributed by atoms with Gasteiger partial charge in [0.1, 0.15) is 0 Å². The van der Waals surface area contributed by atoms with Crippen LogP contribution in [0.3, 0.4) is 0 Å². The third kappa shape index (κ3) is 2.71. The van der Waals surface area contributed by atoms with Gasteiger partial charge in [0.2, 0.25) is 5.91 Å². The van der Waals surface area contributed by atoms with Gasteiger partial charge in [-0.1, -0.05) is 19.3 Å². The Labute approximate surface area is 92.0 Å². The van der Waals surface area contributed by atoms with Crippen molar-refractivity contribution in [3.05, 3.63) is 0 Å². The zero-order valence-electron chi connectivity index (χ0n) is 9.45. The van der Waals surface area contributed by atoms with E-state index < -0.39 is 0 Å². The average Bonchev–Trinajstić information content (AvgIpc) is 2.66. The molecule has 1 heterocycles. The maximum atomic E-state index is 11.0. The third-order valence-corrected chi connectivity index (χ3v) is 3.97. The Kier molecular flexibility index (Phi) is 3.62. The summed E-state index contributed by atoms with van der Waals surface area (Å²) in [7, 11) is 0. The largest absolute Gasteiger partial charge is 0.369 e. The van der Waals surface area contributed by atoms with E-state index in [1.807, 2.05) is 0 Å². The minimum absolute atomic E-state index is 0.169. The molecule has 0 aromatic rings. The number of primary amides is 1. The molecule has 0 aromatic heterocycles. The fraction of sp³-hybridized carbons (Fsp3) is 0.917. The van der Waals surface area contributed by atoms with Crippen molar-refractivity contribution in [1.82, 2.24) is 4.90 Å². The lowest BCUT2D eigenvalue weighted by atomic mass is 9.83. The zero-order valence-corrected chi connectivity index (χ0v) is 9.45. The molecule has 2 rings (SSSR count). The Hall–Kier alpha value is -0.570. The number of nitrogens with zero attached hydrogens (tertiary/aromatic N) is 1. The molecule has 2 fully saturated rings. The van der Waals surface area contributed by atoms with Gasteiger partial charge in [0.05, 0.1) is 6.54 Å². The van der Waals surface area contributed by atoms with Crippen LogP contribution in [-0.2, 0) is 4.79 Å². The Morgan fingerprint density at radius 1 is 1.13 bits per heavy atom. The normalized spacial score (nSPS) is 29.5. The van der Waals surface area contributed by atoms with Crippen LogP contribution in [0.25, 0.3) is 0 Å². The lowest BCUT2D eigenvalue weighted by Crippen LogP contribution is -2.41. The van der Waals surface area contributed by atoms with Gasteiger partial charge >= 0.3 is 0 Å². The lowest BCUT2D eigenvalue weighted by Gasteiger charge is -2.33. The standard InChI is InChI=1S/C12H22N2O/c13-12(15)9-14-8-4-7-11(14)10-5-2-1-3-6-10/h10-11H,1-9H2,(H2,13,15)/t11-/m1/s1. The number of rotatable bonds is 3. The summed E-state index contributed by atoms with van der Waals surface area (Å²) in [6.45, 7) is 1.55. The fourth-order valence-electron chi connectivity index (χ4n) is 3.30. The van der Waals surface area contributed by atoms with E-state index in [0.717, 1.165) is 12.5 Å². The van der Waals surface area contributed by atoms with E-state index in [-0.39, 0.29) is 5.91 Å². The molecule has 1 atom stereocenters. The van der Waals surface area contributed by atoms with Crippen LogP contribution in [0.4, 0.5) is 0 Å².